The number of rotatable bonds is 3. The number of carbonyl (C=O) groups excluding carboxylic acids is 1. The third-order valence-corrected chi connectivity index (χ3v) is 2.60. The van der Waals surface area contributed by atoms with Crippen molar-refractivity contribution >= 4 is 17.6 Å². The molecule has 0 aliphatic carbocycles. The minimum Gasteiger partial charge on any atom is -0.508 e. The molecule has 1 aliphatic rings. The van der Waals surface area contributed by atoms with Gasteiger partial charge < -0.3 is 10.4 Å². The maximum Gasteiger partial charge on any atom is 0.249 e. The van der Waals surface area contributed by atoms with E-state index in [4.69, 9.17) is 0 Å². The Morgan fingerprint density at radius 3 is 2.63 bits per heavy atom. The van der Waals surface area contributed by atoms with Gasteiger partial charge in [-0.15, -0.1) is 5.10 Å². The first-order valence-corrected chi connectivity index (χ1v) is 5.99. The standard InChI is InChI=1S/C13H16N4O2/c1-8(2)16-17-13-14-11(12(19)15-13)7-9-3-5-10(18)6-4-9/h3-6,11,18H,7H2,1-2H3,(H2,14,15,17,19). The van der Waals surface area contributed by atoms with Gasteiger partial charge in [0.15, 0.2) is 0 Å². The van der Waals surface area contributed by atoms with Crippen molar-refractivity contribution in [1.29, 1.82) is 0 Å². The fourth-order valence-corrected chi connectivity index (χ4v) is 1.69. The van der Waals surface area contributed by atoms with Gasteiger partial charge in [-0.25, -0.2) is 0 Å². The fourth-order valence-electron chi connectivity index (χ4n) is 1.69. The number of phenols is 1. The van der Waals surface area contributed by atoms with Crippen LogP contribution in [0.2, 0.25) is 0 Å². The first-order valence-electron chi connectivity index (χ1n) is 5.99. The molecule has 100 valence electrons. The zero-order valence-corrected chi connectivity index (χ0v) is 10.8. The second kappa shape index (κ2) is 5.51. The van der Waals surface area contributed by atoms with Crippen molar-refractivity contribution in [3.8, 4) is 5.75 Å². The van der Waals surface area contributed by atoms with Crippen molar-refractivity contribution < 1.29 is 9.90 Å². The SMILES string of the molecule is CC(C)=N/N=C1\NC(=O)C(Cc2ccc(O)cc2)N1. The molecule has 2 rings (SSSR count). The largest absolute Gasteiger partial charge is 0.508 e. The number of nitrogens with one attached hydrogen (secondary N) is 2. The molecule has 0 saturated carbocycles. The molecule has 0 radical (unpaired) electrons. The third-order valence-electron chi connectivity index (χ3n) is 2.60. The van der Waals surface area contributed by atoms with Gasteiger partial charge in [0.25, 0.3) is 0 Å². The lowest BCUT2D eigenvalue weighted by molar-refractivity contribution is -0.120. The van der Waals surface area contributed by atoms with Gasteiger partial charge in [-0.2, -0.15) is 5.10 Å². The van der Waals surface area contributed by atoms with Crippen LogP contribution in [-0.2, 0) is 11.2 Å². The van der Waals surface area contributed by atoms with Gasteiger partial charge in [-0.05, 0) is 31.5 Å². The summed E-state index contributed by atoms with van der Waals surface area (Å²) in [5, 5.41) is 22.6. The van der Waals surface area contributed by atoms with Crippen molar-refractivity contribution in [3.63, 3.8) is 0 Å². The Balaban J connectivity index is 2.02. The number of aromatic hydroxyl groups is 1. The molecule has 1 aliphatic heterocycles. The Morgan fingerprint density at radius 1 is 1.32 bits per heavy atom. The van der Waals surface area contributed by atoms with E-state index >= 15 is 0 Å². The molecule has 19 heavy (non-hydrogen) atoms. The molecule has 1 atom stereocenters. The molecular formula is C13H16N4O2. The molecule has 1 amide bonds. The Bertz CT molecular complexity index is 530. The average Bonchev–Trinajstić information content (AvgIpc) is 2.71. The van der Waals surface area contributed by atoms with Gasteiger partial charge in [0.2, 0.25) is 11.9 Å². The van der Waals surface area contributed by atoms with Crippen molar-refractivity contribution in [2.45, 2.75) is 26.3 Å². The van der Waals surface area contributed by atoms with E-state index in [1.807, 2.05) is 13.8 Å². The van der Waals surface area contributed by atoms with E-state index in [0.717, 1.165) is 11.3 Å². The Kier molecular flexibility index (Phi) is 3.79. The molecule has 1 heterocycles. The van der Waals surface area contributed by atoms with E-state index in [-0.39, 0.29) is 17.7 Å². The van der Waals surface area contributed by atoms with Crippen molar-refractivity contribution in [2.24, 2.45) is 10.2 Å². The van der Waals surface area contributed by atoms with E-state index in [1.54, 1.807) is 24.3 Å². The van der Waals surface area contributed by atoms with E-state index in [2.05, 4.69) is 20.8 Å². The van der Waals surface area contributed by atoms with Crippen LogP contribution in [0.3, 0.4) is 0 Å². The number of carbonyl (C=O) groups is 1. The van der Waals surface area contributed by atoms with Crippen molar-refractivity contribution in [2.75, 3.05) is 0 Å². The minimum absolute atomic E-state index is 0.129. The summed E-state index contributed by atoms with van der Waals surface area (Å²) in [6.45, 7) is 3.66. The number of nitrogens with zero attached hydrogens (tertiary/aromatic N) is 2. The van der Waals surface area contributed by atoms with E-state index in [1.165, 1.54) is 0 Å². The summed E-state index contributed by atoms with van der Waals surface area (Å²) in [6, 6.07) is 6.40. The summed E-state index contributed by atoms with van der Waals surface area (Å²) >= 11 is 0. The maximum atomic E-state index is 11.7. The van der Waals surface area contributed by atoms with Gasteiger partial charge in [-0.1, -0.05) is 12.1 Å². The van der Waals surface area contributed by atoms with Gasteiger partial charge >= 0.3 is 0 Å². The lowest BCUT2D eigenvalue weighted by Crippen LogP contribution is -2.31. The summed E-state index contributed by atoms with van der Waals surface area (Å²) in [6.07, 6.45) is 0.528. The lowest BCUT2D eigenvalue weighted by atomic mass is 10.1. The fraction of sp³-hybridized carbons (Fsp3) is 0.308. The number of hydrogen-bond acceptors (Lipinski definition) is 4. The van der Waals surface area contributed by atoms with Crippen molar-refractivity contribution in [1.82, 2.24) is 10.6 Å². The highest BCUT2D eigenvalue weighted by Crippen LogP contribution is 2.12. The van der Waals surface area contributed by atoms with Crippen LogP contribution in [0.15, 0.2) is 34.5 Å². The van der Waals surface area contributed by atoms with Crippen LogP contribution in [0.5, 0.6) is 5.75 Å². The van der Waals surface area contributed by atoms with Crippen LogP contribution >= 0.6 is 0 Å². The summed E-state index contributed by atoms with van der Waals surface area (Å²) in [5.41, 5.74) is 1.77. The average molecular weight is 260 g/mol. The molecule has 0 aromatic heterocycles. The van der Waals surface area contributed by atoms with Gasteiger partial charge in [0.05, 0.1) is 0 Å². The third kappa shape index (κ3) is 3.54. The monoisotopic (exact) mass is 260 g/mol. The van der Waals surface area contributed by atoms with Crippen LogP contribution in [0, 0.1) is 0 Å². The topological polar surface area (TPSA) is 86.1 Å². The molecule has 6 heteroatoms. The molecule has 0 bridgehead atoms. The maximum absolute atomic E-state index is 11.7. The summed E-state index contributed by atoms with van der Waals surface area (Å²) in [5.74, 6) is 0.452. The Morgan fingerprint density at radius 2 is 2.00 bits per heavy atom. The van der Waals surface area contributed by atoms with Crippen LogP contribution in [0.1, 0.15) is 19.4 Å². The molecule has 1 fully saturated rings. The zero-order valence-electron chi connectivity index (χ0n) is 10.8. The molecule has 6 nitrogen and oxygen atoms in total. The normalized spacial score (nSPS) is 20.0. The number of phenolic OH excluding ortho intramolecular Hbond substituents is 1. The molecule has 0 spiro atoms. The molecule has 3 N–H and O–H groups in total. The summed E-state index contributed by atoms with van der Waals surface area (Å²) < 4.78 is 0. The highest BCUT2D eigenvalue weighted by Gasteiger charge is 2.28. The predicted octanol–water partition coefficient (Wildman–Crippen LogP) is 0.774. The molecule has 1 unspecified atom stereocenters. The number of benzene rings is 1. The second-order valence-corrected chi connectivity index (χ2v) is 4.55. The zero-order chi connectivity index (χ0) is 13.8. The minimum atomic E-state index is -0.365. The van der Waals surface area contributed by atoms with Crippen LogP contribution < -0.4 is 10.6 Å². The molecule has 1 aromatic rings. The Labute approximate surface area is 111 Å². The lowest BCUT2D eigenvalue weighted by Gasteiger charge is -2.07. The summed E-state index contributed by atoms with van der Waals surface area (Å²) in [7, 11) is 0. The summed E-state index contributed by atoms with van der Waals surface area (Å²) in [4.78, 5) is 11.7. The highest BCUT2D eigenvalue weighted by molar-refractivity contribution is 6.06. The van der Waals surface area contributed by atoms with E-state index < -0.39 is 0 Å². The quantitative estimate of drug-likeness (QED) is 0.554. The predicted molar refractivity (Wildman–Crippen MR) is 73.1 cm³/mol. The highest BCUT2D eigenvalue weighted by atomic mass is 16.3. The number of amides is 1. The van der Waals surface area contributed by atoms with Crippen LogP contribution in [0.25, 0.3) is 0 Å². The van der Waals surface area contributed by atoms with Crippen LogP contribution in [-0.4, -0.2) is 28.7 Å². The number of guanidine groups is 1. The number of hydrogen-bond donors (Lipinski definition) is 3. The van der Waals surface area contributed by atoms with Crippen molar-refractivity contribution in [3.05, 3.63) is 29.8 Å². The first kappa shape index (κ1) is 13.1. The molecule has 1 aromatic carbocycles. The van der Waals surface area contributed by atoms with Gasteiger partial charge in [0.1, 0.15) is 11.8 Å². The Hall–Kier alpha value is -2.37. The smallest absolute Gasteiger partial charge is 0.249 e. The van der Waals surface area contributed by atoms with Gasteiger partial charge in [-0.3, -0.25) is 10.1 Å². The van der Waals surface area contributed by atoms with E-state index in [9.17, 15) is 9.90 Å². The van der Waals surface area contributed by atoms with Crippen LogP contribution in [0.4, 0.5) is 0 Å². The molecule has 1 saturated heterocycles. The first-order chi connectivity index (χ1) is 9.04. The van der Waals surface area contributed by atoms with E-state index in [0.29, 0.717) is 12.4 Å². The second-order valence-electron chi connectivity index (χ2n) is 4.55. The molecular weight excluding hydrogens is 244 g/mol. The van der Waals surface area contributed by atoms with Gasteiger partial charge in [0, 0.05) is 12.1 Å².